The van der Waals surface area contributed by atoms with Crippen LogP contribution in [-0.4, -0.2) is 30.2 Å². The lowest BCUT2D eigenvalue weighted by Crippen LogP contribution is -2.38. The summed E-state index contributed by atoms with van der Waals surface area (Å²) in [6, 6.07) is 8.47. The first-order valence-corrected chi connectivity index (χ1v) is 5.50. The van der Waals surface area contributed by atoms with Gasteiger partial charge in [-0.15, -0.1) is 0 Å². The lowest BCUT2D eigenvalue weighted by Gasteiger charge is -2.24. The van der Waals surface area contributed by atoms with Crippen LogP contribution in [0.1, 0.15) is 11.1 Å². The van der Waals surface area contributed by atoms with Crippen molar-refractivity contribution in [3.8, 4) is 0 Å². The molecule has 1 fully saturated rings. The van der Waals surface area contributed by atoms with E-state index in [1.807, 2.05) is 0 Å². The third-order valence-electron chi connectivity index (χ3n) is 3.44. The van der Waals surface area contributed by atoms with Gasteiger partial charge in [0.1, 0.15) is 6.17 Å². The summed E-state index contributed by atoms with van der Waals surface area (Å²) < 4.78 is 13.6. The highest BCUT2D eigenvalue weighted by molar-refractivity contribution is 5.30. The van der Waals surface area contributed by atoms with Crippen LogP contribution in [-0.2, 0) is 13.1 Å². The van der Waals surface area contributed by atoms with E-state index in [9.17, 15) is 4.39 Å². The van der Waals surface area contributed by atoms with E-state index in [1.54, 1.807) is 0 Å². The largest absolute Gasteiger partial charge is 0.312 e. The summed E-state index contributed by atoms with van der Waals surface area (Å²) in [5, 5.41) is 3.11. The van der Waals surface area contributed by atoms with Gasteiger partial charge in [-0.05, 0) is 11.1 Å². The normalized spacial score (nSPS) is 30.7. The molecule has 80 valence electrons. The molecule has 1 N–H and O–H groups in total. The lowest BCUT2D eigenvalue weighted by atomic mass is 10.1. The molecule has 3 heteroatoms. The van der Waals surface area contributed by atoms with Crippen molar-refractivity contribution in [3.63, 3.8) is 0 Å². The Bertz CT molecular complexity index is 341. The second kappa shape index (κ2) is 3.58. The molecule has 0 aromatic heterocycles. The summed E-state index contributed by atoms with van der Waals surface area (Å²) in [5.74, 6) is 0. The second-order valence-corrected chi connectivity index (χ2v) is 4.42. The minimum Gasteiger partial charge on any atom is -0.312 e. The third-order valence-corrected chi connectivity index (χ3v) is 3.44. The van der Waals surface area contributed by atoms with Gasteiger partial charge in [-0.3, -0.25) is 4.90 Å². The average molecular weight is 206 g/mol. The number of hydrogen-bond acceptors (Lipinski definition) is 2. The summed E-state index contributed by atoms with van der Waals surface area (Å²) in [4.78, 5) is 2.25. The Labute approximate surface area is 89.1 Å². The van der Waals surface area contributed by atoms with Gasteiger partial charge >= 0.3 is 0 Å². The van der Waals surface area contributed by atoms with E-state index in [-0.39, 0.29) is 6.04 Å². The summed E-state index contributed by atoms with van der Waals surface area (Å²) >= 11 is 0. The summed E-state index contributed by atoms with van der Waals surface area (Å²) in [7, 11) is 0. The van der Waals surface area contributed by atoms with E-state index >= 15 is 0 Å². The molecule has 2 aliphatic rings. The molecule has 0 spiro atoms. The van der Waals surface area contributed by atoms with Crippen molar-refractivity contribution in [1.29, 1.82) is 0 Å². The Kier molecular flexibility index (Phi) is 2.22. The zero-order valence-corrected chi connectivity index (χ0v) is 8.62. The van der Waals surface area contributed by atoms with Crippen LogP contribution in [0.25, 0.3) is 0 Å². The third kappa shape index (κ3) is 1.56. The molecule has 0 saturated carbocycles. The first-order valence-electron chi connectivity index (χ1n) is 5.50. The van der Waals surface area contributed by atoms with Gasteiger partial charge in [0.2, 0.25) is 0 Å². The maximum Gasteiger partial charge on any atom is 0.129 e. The first kappa shape index (κ1) is 9.31. The van der Waals surface area contributed by atoms with Crippen molar-refractivity contribution in [2.24, 2.45) is 0 Å². The molecule has 1 saturated heterocycles. The number of nitrogens with one attached hydrogen (secondary N) is 1. The van der Waals surface area contributed by atoms with Gasteiger partial charge in [0.15, 0.2) is 0 Å². The molecule has 0 radical (unpaired) electrons. The van der Waals surface area contributed by atoms with E-state index in [0.717, 1.165) is 19.6 Å². The van der Waals surface area contributed by atoms with Gasteiger partial charge in [-0.25, -0.2) is 4.39 Å². The van der Waals surface area contributed by atoms with Gasteiger partial charge in [-0.1, -0.05) is 24.3 Å². The Morgan fingerprint density at radius 1 is 1.13 bits per heavy atom. The van der Waals surface area contributed by atoms with Crippen molar-refractivity contribution >= 4 is 0 Å². The number of hydrogen-bond donors (Lipinski definition) is 1. The summed E-state index contributed by atoms with van der Waals surface area (Å²) in [6.45, 7) is 3.11. The fourth-order valence-corrected chi connectivity index (χ4v) is 2.58. The maximum absolute atomic E-state index is 13.6. The van der Waals surface area contributed by atoms with Crippen molar-refractivity contribution in [3.05, 3.63) is 35.4 Å². The molecule has 1 aromatic carbocycles. The van der Waals surface area contributed by atoms with Crippen LogP contribution < -0.4 is 5.32 Å². The van der Waals surface area contributed by atoms with Crippen LogP contribution >= 0.6 is 0 Å². The molecular weight excluding hydrogens is 191 g/mol. The highest BCUT2D eigenvalue weighted by Gasteiger charge is 2.34. The van der Waals surface area contributed by atoms with E-state index in [4.69, 9.17) is 0 Å². The van der Waals surface area contributed by atoms with Gasteiger partial charge in [0, 0.05) is 26.2 Å². The smallest absolute Gasteiger partial charge is 0.129 e. The monoisotopic (exact) mass is 206 g/mol. The quantitative estimate of drug-likeness (QED) is 0.745. The van der Waals surface area contributed by atoms with Crippen LogP contribution in [0.2, 0.25) is 0 Å². The van der Waals surface area contributed by atoms with Crippen LogP contribution in [0, 0.1) is 0 Å². The molecule has 2 heterocycles. The van der Waals surface area contributed by atoms with Crippen LogP contribution in [0.4, 0.5) is 4.39 Å². The molecule has 15 heavy (non-hydrogen) atoms. The first-order chi connectivity index (χ1) is 7.34. The SMILES string of the molecule is FC1CNCC1N1Cc2ccccc2C1. The van der Waals surface area contributed by atoms with Crippen LogP contribution in [0.3, 0.4) is 0 Å². The molecule has 2 nitrogen and oxygen atoms in total. The summed E-state index contributed by atoms with van der Waals surface area (Å²) in [5.41, 5.74) is 2.72. The van der Waals surface area contributed by atoms with Gasteiger partial charge in [-0.2, -0.15) is 0 Å². The van der Waals surface area contributed by atoms with E-state index in [0.29, 0.717) is 6.54 Å². The van der Waals surface area contributed by atoms with Crippen molar-refractivity contribution in [2.75, 3.05) is 13.1 Å². The molecule has 0 amide bonds. The molecule has 3 rings (SSSR count). The maximum atomic E-state index is 13.6. The predicted octanol–water partition coefficient (Wildman–Crippen LogP) is 1.31. The van der Waals surface area contributed by atoms with Gasteiger partial charge in [0.05, 0.1) is 6.04 Å². The molecule has 2 unspecified atom stereocenters. The van der Waals surface area contributed by atoms with Gasteiger partial charge < -0.3 is 5.32 Å². The number of alkyl halides is 1. The Morgan fingerprint density at radius 2 is 1.80 bits per heavy atom. The highest BCUT2D eigenvalue weighted by Crippen LogP contribution is 2.26. The topological polar surface area (TPSA) is 15.3 Å². The minimum absolute atomic E-state index is 0.0670. The van der Waals surface area contributed by atoms with E-state index in [1.165, 1.54) is 11.1 Å². The zero-order valence-electron chi connectivity index (χ0n) is 8.62. The van der Waals surface area contributed by atoms with Crippen molar-refractivity contribution in [2.45, 2.75) is 25.3 Å². The molecular formula is C12H15FN2. The molecule has 1 aromatic rings. The van der Waals surface area contributed by atoms with Crippen molar-refractivity contribution < 1.29 is 4.39 Å². The Balaban J connectivity index is 1.78. The minimum atomic E-state index is -0.709. The highest BCUT2D eigenvalue weighted by atomic mass is 19.1. The Hall–Kier alpha value is -0.930. The summed E-state index contributed by atoms with van der Waals surface area (Å²) in [6.07, 6.45) is -0.709. The number of rotatable bonds is 1. The van der Waals surface area contributed by atoms with Crippen molar-refractivity contribution in [1.82, 2.24) is 10.2 Å². The Morgan fingerprint density at radius 3 is 2.33 bits per heavy atom. The van der Waals surface area contributed by atoms with E-state index in [2.05, 4.69) is 34.5 Å². The molecule has 0 bridgehead atoms. The number of benzene rings is 1. The number of halogens is 1. The number of nitrogens with zero attached hydrogens (tertiary/aromatic N) is 1. The van der Waals surface area contributed by atoms with E-state index < -0.39 is 6.17 Å². The molecule has 2 aliphatic heterocycles. The average Bonchev–Trinajstić information content (AvgIpc) is 2.82. The van der Waals surface area contributed by atoms with Crippen LogP contribution in [0.15, 0.2) is 24.3 Å². The predicted molar refractivity (Wildman–Crippen MR) is 57.2 cm³/mol. The standard InChI is InChI=1S/C12H15FN2/c13-11-5-14-6-12(11)15-7-9-3-1-2-4-10(9)8-15/h1-4,11-12,14H,5-8H2. The van der Waals surface area contributed by atoms with Gasteiger partial charge in [0.25, 0.3) is 0 Å². The lowest BCUT2D eigenvalue weighted by molar-refractivity contribution is 0.143. The zero-order chi connectivity index (χ0) is 10.3. The van der Waals surface area contributed by atoms with Crippen LogP contribution in [0.5, 0.6) is 0 Å². The fraction of sp³-hybridized carbons (Fsp3) is 0.500. The fourth-order valence-electron chi connectivity index (χ4n) is 2.58. The number of fused-ring (bicyclic) bond motifs is 1. The molecule has 2 atom stereocenters. The second-order valence-electron chi connectivity index (χ2n) is 4.42. The molecule has 0 aliphatic carbocycles.